The van der Waals surface area contributed by atoms with E-state index in [0.717, 1.165) is 25.2 Å². The Morgan fingerprint density at radius 2 is 1.83 bits per heavy atom. The van der Waals surface area contributed by atoms with Crippen molar-refractivity contribution >= 4 is 5.91 Å². The molecule has 1 aromatic rings. The van der Waals surface area contributed by atoms with Gasteiger partial charge in [0, 0.05) is 24.2 Å². The first kappa shape index (κ1) is 21.6. The van der Waals surface area contributed by atoms with Gasteiger partial charge in [-0.3, -0.25) is 10.1 Å². The normalized spacial score (nSPS) is 12.2. The van der Waals surface area contributed by atoms with E-state index in [9.17, 15) is 9.90 Å². The summed E-state index contributed by atoms with van der Waals surface area (Å²) in [7, 11) is 0. The summed E-state index contributed by atoms with van der Waals surface area (Å²) in [5.74, 6) is -0.123. The predicted octanol–water partition coefficient (Wildman–Crippen LogP) is -0.379. The van der Waals surface area contributed by atoms with Gasteiger partial charge in [-0.1, -0.05) is 36.9 Å². The van der Waals surface area contributed by atoms with Gasteiger partial charge in [0.15, 0.2) is 6.17 Å². The minimum absolute atomic E-state index is 0. The van der Waals surface area contributed by atoms with E-state index in [1.54, 1.807) is 6.92 Å². The van der Waals surface area contributed by atoms with Gasteiger partial charge in [-0.05, 0) is 20.8 Å². The number of benzene rings is 1. The maximum absolute atomic E-state index is 12.2. The highest BCUT2D eigenvalue weighted by Gasteiger charge is 2.36. The molecule has 1 aromatic carbocycles. The van der Waals surface area contributed by atoms with E-state index in [-0.39, 0.29) is 31.1 Å². The SMILES string of the molecule is C=C(C)C(=O)NC(c1ccccc1)[N+](CC)(CC)CCCO.[Cl-]. The zero-order chi connectivity index (χ0) is 16.6. The molecular weight excluding hydrogens is 312 g/mol. The summed E-state index contributed by atoms with van der Waals surface area (Å²) in [5, 5.41) is 12.4. The second-order valence-corrected chi connectivity index (χ2v) is 5.72. The van der Waals surface area contributed by atoms with E-state index >= 15 is 0 Å². The van der Waals surface area contributed by atoms with Gasteiger partial charge in [-0.25, -0.2) is 0 Å². The van der Waals surface area contributed by atoms with Crippen molar-refractivity contribution in [3.8, 4) is 0 Å². The van der Waals surface area contributed by atoms with Crippen LogP contribution in [0.5, 0.6) is 0 Å². The summed E-state index contributed by atoms with van der Waals surface area (Å²) >= 11 is 0. The highest BCUT2D eigenvalue weighted by atomic mass is 35.5. The van der Waals surface area contributed by atoms with E-state index in [1.165, 1.54) is 0 Å². The Kier molecular flexibility index (Phi) is 9.80. The second kappa shape index (κ2) is 10.4. The van der Waals surface area contributed by atoms with Gasteiger partial charge < -0.3 is 22.0 Å². The van der Waals surface area contributed by atoms with Crippen LogP contribution in [0.4, 0.5) is 0 Å². The van der Waals surface area contributed by atoms with Crippen molar-refractivity contribution in [2.45, 2.75) is 33.4 Å². The van der Waals surface area contributed by atoms with Crippen LogP contribution in [0.15, 0.2) is 42.5 Å². The average molecular weight is 341 g/mol. The van der Waals surface area contributed by atoms with Gasteiger partial charge in [0.25, 0.3) is 5.91 Å². The van der Waals surface area contributed by atoms with Crippen molar-refractivity contribution in [1.82, 2.24) is 5.32 Å². The number of halogens is 1. The van der Waals surface area contributed by atoms with Crippen LogP contribution < -0.4 is 17.7 Å². The lowest BCUT2D eigenvalue weighted by Crippen LogP contribution is -3.00. The molecule has 2 N–H and O–H groups in total. The molecule has 1 atom stereocenters. The Labute approximate surface area is 146 Å². The molecule has 4 nitrogen and oxygen atoms in total. The minimum atomic E-state index is -0.132. The summed E-state index contributed by atoms with van der Waals surface area (Å²) in [6, 6.07) is 10.0. The van der Waals surface area contributed by atoms with Crippen molar-refractivity contribution in [3.05, 3.63) is 48.0 Å². The third-order valence-corrected chi connectivity index (χ3v) is 4.34. The van der Waals surface area contributed by atoms with E-state index in [4.69, 9.17) is 0 Å². The molecular formula is C18H29ClN2O2. The van der Waals surface area contributed by atoms with Crippen molar-refractivity contribution in [3.63, 3.8) is 0 Å². The quantitative estimate of drug-likeness (QED) is 0.366. The first-order chi connectivity index (χ1) is 10.5. The lowest BCUT2D eigenvalue weighted by molar-refractivity contribution is -0.956. The number of carbonyl (C=O) groups excluding carboxylic acids is 1. The molecule has 0 fully saturated rings. The zero-order valence-corrected chi connectivity index (χ0v) is 15.1. The maximum atomic E-state index is 12.2. The summed E-state index contributed by atoms with van der Waals surface area (Å²) in [4.78, 5) is 12.2. The standard InChI is InChI=1S/C18H28N2O2.ClH/c1-5-20(6-2,13-10-14-21)17(19-18(22)15(3)4)16-11-8-7-9-12-16;/h7-9,11-12,17,21H,3,5-6,10,13-14H2,1-2,4H3;1H. The Balaban J connectivity index is 0.00000484. The molecule has 1 unspecified atom stereocenters. The molecule has 0 aromatic heterocycles. The van der Waals surface area contributed by atoms with Gasteiger partial charge in [-0.15, -0.1) is 0 Å². The van der Waals surface area contributed by atoms with Crippen molar-refractivity contribution in [2.24, 2.45) is 0 Å². The number of hydrogen-bond donors (Lipinski definition) is 2. The first-order valence-corrected chi connectivity index (χ1v) is 7.98. The summed E-state index contributed by atoms with van der Waals surface area (Å²) in [6.07, 6.45) is 0.584. The highest BCUT2D eigenvalue weighted by molar-refractivity contribution is 5.92. The van der Waals surface area contributed by atoms with Crippen LogP contribution in [0, 0.1) is 0 Å². The van der Waals surface area contributed by atoms with Crippen molar-refractivity contribution in [1.29, 1.82) is 0 Å². The number of amides is 1. The second-order valence-electron chi connectivity index (χ2n) is 5.72. The number of quaternary nitrogens is 1. The van der Waals surface area contributed by atoms with E-state index in [0.29, 0.717) is 16.5 Å². The Morgan fingerprint density at radius 3 is 2.26 bits per heavy atom. The number of nitrogens with zero attached hydrogens (tertiary/aromatic N) is 1. The largest absolute Gasteiger partial charge is 1.00 e. The van der Waals surface area contributed by atoms with Crippen molar-refractivity contribution < 1.29 is 26.8 Å². The summed E-state index contributed by atoms with van der Waals surface area (Å²) < 4.78 is 0.712. The lowest BCUT2D eigenvalue weighted by atomic mass is 10.1. The molecule has 0 spiro atoms. The molecule has 0 aliphatic heterocycles. The topological polar surface area (TPSA) is 49.3 Å². The molecule has 0 aliphatic rings. The summed E-state index contributed by atoms with van der Waals surface area (Å²) in [6.45, 7) is 12.5. The monoisotopic (exact) mass is 340 g/mol. The van der Waals surface area contributed by atoms with Crippen LogP contribution >= 0.6 is 0 Å². The van der Waals surface area contributed by atoms with Crippen LogP contribution in [-0.2, 0) is 4.79 Å². The number of nitrogens with one attached hydrogen (secondary N) is 1. The van der Waals surface area contributed by atoms with Crippen LogP contribution in [0.2, 0.25) is 0 Å². The molecule has 0 bridgehead atoms. The molecule has 0 saturated carbocycles. The fourth-order valence-electron chi connectivity index (χ4n) is 2.84. The third kappa shape index (κ3) is 5.65. The molecule has 5 heteroatoms. The third-order valence-electron chi connectivity index (χ3n) is 4.34. The Hall–Kier alpha value is -1.36. The van der Waals surface area contributed by atoms with Gasteiger partial charge in [0.1, 0.15) is 0 Å². The average Bonchev–Trinajstić information content (AvgIpc) is 2.55. The number of aliphatic hydroxyl groups excluding tert-OH is 1. The molecule has 0 heterocycles. The Bertz CT molecular complexity index is 487. The van der Waals surface area contributed by atoms with Crippen LogP contribution in [-0.4, -0.2) is 41.7 Å². The lowest BCUT2D eigenvalue weighted by Gasteiger charge is -2.44. The van der Waals surface area contributed by atoms with Gasteiger partial charge in [0.2, 0.25) is 0 Å². The van der Waals surface area contributed by atoms with Gasteiger partial charge >= 0.3 is 0 Å². The summed E-state index contributed by atoms with van der Waals surface area (Å²) in [5.41, 5.74) is 1.59. The molecule has 1 rings (SSSR count). The molecule has 130 valence electrons. The van der Waals surface area contributed by atoms with E-state index < -0.39 is 0 Å². The molecule has 0 aliphatic carbocycles. The molecule has 0 saturated heterocycles. The highest BCUT2D eigenvalue weighted by Crippen LogP contribution is 2.27. The fraction of sp³-hybridized carbons (Fsp3) is 0.500. The van der Waals surface area contributed by atoms with Crippen LogP contribution in [0.1, 0.15) is 38.9 Å². The predicted molar refractivity (Wildman–Crippen MR) is 90.1 cm³/mol. The number of aliphatic hydroxyl groups is 1. The molecule has 23 heavy (non-hydrogen) atoms. The molecule has 0 radical (unpaired) electrons. The smallest absolute Gasteiger partial charge is 0.251 e. The Morgan fingerprint density at radius 1 is 1.26 bits per heavy atom. The minimum Gasteiger partial charge on any atom is -1.00 e. The first-order valence-electron chi connectivity index (χ1n) is 7.98. The fourth-order valence-corrected chi connectivity index (χ4v) is 2.84. The number of carbonyl (C=O) groups is 1. The maximum Gasteiger partial charge on any atom is 0.251 e. The van der Waals surface area contributed by atoms with Gasteiger partial charge in [-0.2, -0.15) is 0 Å². The molecule has 1 amide bonds. The van der Waals surface area contributed by atoms with Crippen LogP contribution in [0.25, 0.3) is 0 Å². The van der Waals surface area contributed by atoms with Crippen LogP contribution in [0.3, 0.4) is 0 Å². The van der Waals surface area contributed by atoms with E-state index in [2.05, 4.69) is 25.7 Å². The van der Waals surface area contributed by atoms with Gasteiger partial charge in [0.05, 0.1) is 19.6 Å². The number of rotatable bonds is 9. The zero-order valence-electron chi connectivity index (χ0n) is 14.4. The van der Waals surface area contributed by atoms with E-state index in [1.807, 2.05) is 30.3 Å². The number of hydrogen-bond acceptors (Lipinski definition) is 2. The van der Waals surface area contributed by atoms with Crippen molar-refractivity contribution in [2.75, 3.05) is 26.2 Å².